The molecule has 7 heteroatoms. The number of rotatable bonds is 4. The molecule has 124 valence electrons. The van der Waals surface area contributed by atoms with Crippen molar-refractivity contribution in [3.05, 3.63) is 29.6 Å². The highest BCUT2D eigenvalue weighted by Crippen LogP contribution is 2.37. The number of ether oxygens (including phenoxy) is 1. The van der Waals surface area contributed by atoms with Gasteiger partial charge in [-0.25, -0.2) is 15.0 Å². The van der Waals surface area contributed by atoms with Crippen molar-refractivity contribution in [3.8, 4) is 5.75 Å². The Morgan fingerprint density at radius 2 is 2.21 bits per heavy atom. The summed E-state index contributed by atoms with van der Waals surface area (Å²) in [6.07, 6.45) is 3.46. The molecule has 0 saturated carbocycles. The molecule has 3 heterocycles. The minimum atomic E-state index is 0.427. The minimum Gasteiger partial charge on any atom is -0.493 e. The molecule has 1 aliphatic heterocycles. The van der Waals surface area contributed by atoms with Crippen LogP contribution in [0.2, 0.25) is 0 Å². The van der Waals surface area contributed by atoms with Crippen LogP contribution in [0, 0.1) is 6.92 Å². The standard InChI is InChI=1S/C17H19N5OS/c1-3-5-22-16-14(15(18)19-9-20-16)21-17(22)24-13-8-11-4-6-23-12(11)7-10(13)2/h7-9H,3-6H2,1-2H3,(H2,18,19,20). The molecule has 0 amide bonds. The maximum absolute atomic E-state index is 5.98. The topological polar surface area (TPSA) is 78.9 Å². The van der Waals surface area contributed by atoms with E-state index in [1.165, 1.54) is 22.3 Å². The Hall–Kier alpha value is -2.28. The zero-order valence-electron chi connectivity index (χ0n) is 13.7. The van der Waals surface area contributed by atoms with E-state index in [4.69, 9.17) is 15.5 Å². The van der Waals surface area contributed by atoms with E-state index in [0.717, 1.165) is 42.5 Å². The molecule has 1 aromatic carbocycles. The molecule has 1 aliphatic rings. The van der Waals surface area contributed by atoms with E-state index in [-0.39, 0.29) is 0 Å². The number of benzene rings is 1. The molecule has 2 N–H and O–H groups in total. The van der Waals surface area contributed by atoms with Gasteiger partial charge in [0.15, 0.2) is 22.1 Å². The van der Waals surface area contributed by atoms with Crippen molar-refractivity contribution in [3.63, 3.8) is 0 Å². The third-order valence-corrected chi connectivity index (χ3v) is 5.31. The largest absolute Gasteiger partial charge is 0.493 e. The Balaban J connectivity index is 1.80. The Kier molecular flexibility index (Phi) is 3.80. The van der Waals surface area contributed by atoms with Gasteiger partial charge in [-0.15, -0.1) is 0 Å². The summed E-state index contributed by atoms with van der Waals surface area (Å²) in [4.78, 5) is 14.3. The van der Waals surface area contributed by atoms with Gasteiger partial charge in [0.25, 0.3) is 0 Å². The summed E-state index contributed by atoms with van der Waals surface area (Å²) in [7, 11) is 0. The second-order valence-electron chi connectivity index (χ2n) is 5.90. The van der Waals surface area contributed by atoms with Gasteiger partial charge in [0.1, 0.15) is 12.1 Å². The van der Waals surface area contributed by atoms with Crippen LogP contribution in [0.15, 0.2) is 28.5 Å². The number of nitrogens with two attached hydrogens (primary N) is 1. The van der Waals surface area contributed by atoms with Crippen LogP contribution in [0.3, 0.4) is 0 Å². The fourth-order valence-electron chi connectivity index (χ4n) is 2.95. The molecule has 4 rings (SSSR count). The van der Waals surface area contributed by atoms with Gasteiger partial charge in [-0.05, 0) is 36.6 Å². The highest BCUT2D eigenvalue weighted by Gasteiger charge is 2.19. The normalized spacial score (nSPS) is 13.2. The average Bonchev–Trinajstić information content (AvgIpc) is 3.14. The van der Waals surface area contributed by atoms with Crippen LogP contribution in [-0.2, 0) is 13.0 Å². The Labute approximate surface area is 144 Å². The second kappa shape index (κ2) is 5.98. The van der Waals surface area contributed by atoms with E-state index in [0.29, 0.717) is 11.3 Å². The number of aromatic nitrogens is 4. The Morgan fingerprint density at radius 1 is 1.33 bits per heavy atom. The van der Waals surface area contributed by atoms with Crippen molar-refractivity contribution in [2.75, 3.05) is 12.3 Å². The monoisotopic (exact) mass is 341 g/mol. The first kappa shape index (κ1) is 15.3. The lowest BCUT2D eigenvalue weighted by Crippen LogP contribution is -2.01. The van der Waals surface area contributed by atoms with E-state index in [1.807, 2.05) is 0 Å². The van der Waals surface area contributed by atoms with Gasteiger partial charge in [-0.3, -0.25) is 0 Å². The third kappa shape index (κ3) is 2.49. The lowest BCUT2D eigenvalue weighted by Gasteiger charge is -2.10. The number of nitrogen functional groups attached to an aromatic ring is 1. The fraction of sp³-hybridized carbons (Fsp3) is 0.353. The van der Waals surface area contributed by atoms with Crippen molar-refractivity contribution >= 4 is 28.7 Å². The van der Waals surface area contributed by atoms with Crippen LogP contribution in [0.25, 0.3) is 11.2 Å². The van der Waals surface area contributed by atoms with Crippen molar-refractivity contribution in [2.45, 2.75) is 43.3 Å². The number of nitrogens with zero attached hydrogens (tertiary/aromatic N) is 4. The molecule has 6 nitrogen and oxygen atoms in total. The summed E-state index contributed by atoms with van der Waals surface area (Å²) in [5, 5.41) is 0.904. The number of aryl methyl sites for hydroxylation is 2. The minimum absolute atomic E-state index is 0.427. The fourth-order valence-corrected chi connectivity index (χ4v) is 3.99. The SMILES string of the molecule is CCCn1c(Sc2cc3c(cc2C)OCC3)nc2c(N)ncnc21. The van der Waals surface area contributed by atoms with Crippen molar-refractivity contribution in [1.82, 2.24) is 19.5 Å². The van der Waals surface area contributed by atoms with Crippen molar-refractivity contribution in [2.24, 2.45) is 0 Å². The summed E-state index contributed by atoms with van der Waals surface area (Å²) >= 11 is 1.65. The van der Waals surface area contributed by atoms with E-state index in [2.05, 4.69) is 40.5 Å². The zero-order valence-corrected chi connectivity index (χ0v) is 14.6. The molecule has 0 atom stereocenters. The molecule has 2 aromatic heterocycles. The van der Waals surface area contributed by atoms with Gasteiger partial charge in [-0.1, -0.05) is 18.7 Å². The van der Waals surface area contributed by atoms with E-state index in [1.54, 1.807) is 11.8 Å². The van der Waals surface area contributed by atoms with Gasteiger partial charge >= 0.3 is 0 Å². The molecule has 0 aliphatic carbocycles. The van der Waals surface area contributed by atoms with Crippen molar-refractivity contribution in [1.29, 1.82) is 0 Å². The van der Waals surface area contributed by atoms with E-state index >= 15 is 0 Å². The van der Waals surface area contributed by atoms with Crippen LogP contribution in [-0.4, -0.2) is 26.1 Å². The van der Waals surface area contributed by atoms with E-state index < -0.39 is 0 Å². The van der Waals surface area contributed by atoms with Crippen molar-refractivity contribution < 1.29 is 4.74 Å². The predicted octanol–water partition coefficient (Wildman–Crippen LogP) is 3.21. The average molecular weight is 341 g/mol. The molecule has 0 spiro atoms. The molecular formula is C17H19N5OS. The van der Waals surface area contributed by atoms with Gasteiger partial charge in [-0.2, -0.15) is 0 Å². The predicted molar refractivity (Wildman–Crippen MR) is 94.5 cm³/mol. The Morgan fingerprint density at radius 3 is 3.04 bits per heavy atom. The smallest absolute Gasteiger partial charge is 0.175 e. The van der Waals surface area contributed by atoms with Crippen LogP contribution in [0.1, 0.15) is 24.5 Å². The van der Waals surface area contributed by atoms with Gasteiger partial charge in [0, 0.05) is 17.9 Å². The zero-order chi connectivity index (χ0) is 16.7. The van der Waals surface area contributed by atoms with Gasteiger partial charge in [0.05, 0.1) is 6.61 Å². The molecule has 24 heavy (non-hydrogen) atoms. The number of imidazole rings is 1. The van der Waals surface area contributed by atoms with Crippen LogP contribution < -0.4 is 10.5 Å². The van der Waals surface area contributed by atoms with E-state index in [9.17, 15) is 0 Å². The number of hydrogen-bond donors (Lipinski definition) is 1. The van der Waals surface area contributed by atoms with Crippen LogP contribution in [0.4, 0.5) is 5.82 Å². The number of fused-ring (bicyclic) bond motifs is 2. The number of anilines is 1. The summed E-state index contributed by atoms with van der Waals surface area (Å²) in [6, 6.07) is 4.33. The first-order chi connectivity index (χ1) is 11.7. The van der Waals surface area contributed by atoms with Crippen LogP contribution >= 0.6 is 11.8 Å². The summed E-state index contributed by atoms with van der Waals surface area (Å²) in [6.45, 7) is 5.86. The maximum Gasteiger partial charge on any atom is 0.175 e. The number of hydrogen-bond acceptors (Lipinski definition) is 6. The molecular weight excluding hydrogens is 322 g/mol. The quantitative estimate of drug-likeness (QED) is 0.785. The molecule has 0 radical (unpaired) electrons. The molecule has 0 saturated heterocycles. The summed E-state index contributed by atoms with van der Waals surface area (Å²) in [5.41, 5.74) is 9.91. The molecule has 0 fully saturated rings. The first-order valence-corrected chi connectivity index (χ1v) is 8.90. The van der Waals surface area contributed by atoms with Gasteiger partial charge < -0.3 is 15.0 Å². The lowest BCUT2D eigenvalue weighted by molar-refractivity contribution is 0.356. The molecule has 3 aromatic rings. The maximum atomic E-state index is 5.98. The third-order valence-electron chi connectivity index (χ3n) is 4.16. The van der Waals surface area contributed by atoms with Gasteiger partial charge in [0.2, 0.25) is 0 Å². The highest BCUT2D eigenvalue weighted by atomic mass is 32.2. The summed E-state index contributed by atoms with van der Waals surface area (Å²) in [5.74, 6) is 1.44. The second-order valence-corrected chi connectivity index (χ2v) is 6.91. The Bertz CT molecular complexity index is 921. The summed E-state index contributed by atoms with van der Waals surface area (Å²) < 4.78 is 7.77. The first-order valence-electron chi connectivity index (χ1n) is 8.08. The lowest BCUT2D eigenvalue weighted by atomic mass is 10.1. The highest BCUT2D eigenvalue weighted by molar-refractivity contribution is 7.99. The molecule has 0 bridgehead atoms. The molecule has 0 unspecified atom stereocenters. The van der Waals surface area contributed by atoms with Crippen LogP contribution in [0.5, 0.6) is 5.75 Å².